The SMILES string of the molecule is Cc1nnnn1C(=NO)c1ccc(S(C)(=O)=O)cc1. The minimum absolute atomic E-state index is 0.113. The van der Waals surface area contributed by atoms with Gasteiger partial charge in [0.1, 0.15) is 0 Å². The van der Waals surface area contributed by atoms with Crippen LogP contribution in [0.25, 0.3) is 0 Å². The van der Waals surface area contributed by atoms with Crippen LogP contribution in [-0.4, -0.2) is 45.9 Å². The number of aromatic nitrogens is 4. The van der Waals surface area contributed by atoms with Gasteiger partial charge in [-0.25, -0.2) is 8.42 Å². The number of nitrogens with zero attached hydrogens (tertiary/aromatic N) is 5. The van der Waals surface area contributed by atoms with Crippen molar-refractivity contribution < 1.29 is 13.6 Å². The topological polar surface area (TPSA) is 110 Å². The second-order valence-electron chi connectivity index (χ2n) is 3.86. The molecule has 0 aliphatic heterocycles. The van der Waals surface area contributed by atoms with Crippen molar-refractivity contribution in [1.29, 1.82) is 0 Å². The molecule has 0 radical (unpaired) electrons. The lowest BCUT2D eigenvalue weighted by Crippen LogP contribution is -2.17. The molecule has 0 atom stereocenters. The molecule has 2 aromatic rings. The Hall–Kier alpha value is -2.29. The van der Waals surface area contributed by atoms with E-state index in [9.17, 15) is 8.42 Å². The van der Waals surface area contributed by atoms with E-state index >= 15 is 0 Å². The van der Waals surface area contributed by atoms with Crippen molar-refractivity contribution >= 4 is 15.7 Å². The molecule has 0 aliphatic carbocycles. The van der Waals surface area contributed by atoms with E-state index in [4.69, 9.17) is 5.21 Å². The van der Waals surface area contributed by atoms with E-state index in [-0.39, 0.29) is 10.7 Å². The van der Waals surface area contributed by atoms with Crippen LogP contribution in [0.15, 0.2) is 34.3 Å². The summed E-state index contributed by atoms with van der Waals surface area (Å²) in [7, 11) is -3.26. The van der Waals surface area contributed by atoms with Gasteiger partial charge in [0.25, 0.3) is 0 Å². The summed E-state index contributed by atoms with van der Waals surface area (Å²) in [4.78, 5) is 0.182. The Kier molecular flexibility index (Phi) is 3.30. The van der Waals surface area contributed by atoms with E-state index in [0.29, 0.717) is 11.4 Å². The molecule has 0 aliphatic rings. The van der Waals surface area contributed by atoms with Gasteiger partial charge >= 0.3 is 0 Å². The van der Waals surface area contributed by atoms with Crippen molar-refractivity contribution in [2.75, 3.05) is 6.26 Å². The van der Waals surface area contributed by atoms with E-state index in [0.717, 1.165) is 6.26 Å². The zero-order valence-corrected chi connectivity index (χ0v) is 11.0. The minimum Gasteiger partial charge on any atom is -0.409 e. The highest BCUT2D eigenvalue weighted by atomic mass is 32.2. The first-order chi connectivity index (χ1) is 8.93. The highest BCUT2D eigenvalue weighted by molar-refractivity contribution is 7.90. The Morgan fingerprint density at radius 3 is 2.37 bits per heavy atom. The summed E-state index contributed by atoms with van der Waals surface area (Å²) in [5.41, 5.74) is 0.491. The Labute approximate surface area is 109 Å². The van der Waals surface area contributed by atoms with Crippen molar-refractivity contribution in [1.82, 2.24) is 20.2 Å². The number of tetrazole rings is 1. The number of sulfone groups is 1. The van der Waals surface area contributed by atoms with Gasteiger partial charge in [-0.3, -0.25) is 0 Å². The molecule has 1 aromatic heterocycles. The van der Waals surface area contributed by atoms with Gasteiger partial charge in [-0.2, -0.15) is 4.68 Å². The third-order valence-electron chi connectivity index (χ3n) is 2.46. The second-order valence-corrected chi connectivity index (χ2v) is 5.87. The van der Waals surface area contributed by atoms with Crippen LogP contribution in [0, 0.1) is 6.92 Å². The molecule has 0 fully saturated rings. The third-order valence-corrected chi connectivity index (χ3v) is 3.59. The largest absolute Gasteiger partial charge is 0.409 e. The van der Waals surface area contributed by atoms with Crippen LogP contribution in [0.5, 0.6) is 0 Å². The average molecular weight is 281 g/mol. The average Bonchev–Trinajstić information content (AvgIpc) is 2.76. The number of hydrogen-bond acceptors (Lipinski definition) is 7. The monoisotopic (exact) mass is 281 g/mol. The fourth-order valence-electron chi connectivity index (χ4n) is 1.50. The summed E-state index contributed by atoms with van der Waals surface area (Å²) in [6.45, 7) is 1.65. The van der Waals surface area contributed by atoms with Crippen LogP contribution in [0.1, 0.15) is 11.4 Å². The molecule has 0 saturated carbocycles. The van der Waals surface area contributed by atoms with Gasteiger partial charge in [-0.1, -0.05) is 5.16 Å². The maximum Gasteiger partial charge on any atom is 0.203 e. The van der Waals surface area contributed by atoms with Gasteiger partial charge in [-0.15, -0.1) is 5.10 Å². The molecule has 19 heavy (non-hydrogen) atoms. The molecule has 0 amide bonds. The number of oxime groups is 1. The molecule has 0 bridgehead atoms. The normalized spacial score (nSPS) is 12.6. The predicted octanol–water partition coefficient (Wildman–Crippen LogP) is 0.0691. The molecular weight excluding hydrogens is 270 g/mol. The molecule has 1 aromatic carbocycles. The first kappa shape index (κ1) is 13.1. The predicted molar refractivity (Wildman–Crippen MR) is 65.8 cm³/mol. The summed E-state index contributed by atoms with van der Waals surface area (Å²) in [6.07, 6.45) is 1.12. The number of aryl methyl sites for hydroxylation is 1. The van der Waals surface area contributed by atoms with E-state index in [2.05, 4.69) is 20.7 Å². The molecule has 2 rings (SSSR count). The first-order valence-electron chi connectivity index (χ1n) is 5.21. The minimum atomic E-state index is -3.26. The highest BCUT2D eigenvalue weighted by Crippen LogP contribution is 2.12. The maximum absolute atomic E-state index is 11.3. The van der Waals surface area contributed by atoms with Gasteiger partial charge in [-0.05, 0) is 41.6 Å². The van der Waals surface area contributed by atoms with Crippen molar-refractivity contribution in [3.63, 3.8) is 0 Å². The van der Waals surface area contributed by atoms with E-state index in [1.807, 2.05) is 0 Å². The van der Waals surface area contributed by atoms with Crippen LogP contribution in [0.2, 0.25) is 0 Å². The van der Waals surface area contributed by atoms with Crippen molar-refractivity contribution in [2.24, 2.45) is 5.16 Å². The lowest BCUT2D eigenvalue weighted by molar-refractivity contribution is 0.316. The zero-order chi connectivity index (χ0) is 14.0. The van der Waals surface area contributed by atoms with Gasteiger partial charge in [0.05, 0.1) is 4.90 Å². The van der Waals surface area contributed by atoms with Gasteiger partial charge in [0, 0.05) is 11.8 Å². The lowest BCUT2D eigenvalue weighted by Gasteiger charge is -2.05. The molecule has 0 saturated heterocycles. The fourth-order valence-corrected chi connectivity index (χ4v) is 2.13. The van der Waals surface area contributed by atoms with Gasteiger partial charge in [0.2, 0.25) is 5.84 Å². The van der Waals surface area contributed by atoms with Crippen LogP contribution >= 0.6 is 0 Å². The smallest absolute Gasteiger partial charge is 0.203 e. The van der Waals surface area contributed by atoms with Crippen molar-refractivity contribution in [3.05, 3.63) is 35.7 Å². The number of rotatable bonds is 2. The van der Waals surface area contributed by atoms with Crippen LogP contribution in [0.3, 0.4) is 0 Å². The third kappa shape index (κ3) is 2.60. The highest BCUT2D eigenvalue weighted by Gasteiger charge is 2.13. The summed E-state index contributed by atoms with van der Waals surface area (Å²) < 4.78 is 23.9. The molecule has 0 spiro atoms. The summed E-state index contributed by atoms with van der Waals surface area (Å²) in [5, 5.41) is 23.0. The van der Waals surface area contributed by atoms with Crippen LogP contribution < -0.4 is 0 Å². The van der Waals surface area contributed by atoms with Crippen LogP contribution in [-0.2, 0) is 9.84 Å². The lowest BCUT2D eigenvalue weighted by atomic mass is 10.2. The fraction of sp³-hybridized carbons (Fsp3) is 0.200. The van der Waals surface area contributed by atoms with E-state index in [1.165, 1.54) is 28.9 Å². The van der Waals surface area contributed by atoms with E-state index in [1.54, 1.807) is 6.92 Å². The Morgan fingerprint density at radius 1 is 1.32 bits per heavy atom. The maximum atomic E-state index is 11.3. The Balaban J connectivity index is 2.45. The van der Waals surface area contributed by atoms with E-state index < -0.39 is 9.84 Å². The zero-order valence-electron chi connectivity index (χ0n) is 10.2. The standard InChI is InChI=1S/C10H11N5O3S/c1-7-11-13-14-15(7)10(12-16)8-3-5-9(6-4-8)19(2,17)18/h3-6,16H,1-2H3. The van der Waals surface area contributed by atoms with Crippen LogP contribution in [0.4, 0.5) is 0 Å². The number of benzene rings is 1. The van der Waals surface area contributed by atoms with Crippen molar-refractivity contribution in [3.8, 4) is 0 Å². The van der Waals surface area contributed by atoms with Crippen molar-refractivity contribution in [2.45, 2.75) is 11.8 Å². The molecule has 1 N–H and O–H groups in total. The quantitative estimate of drug-likeness (QED) is 0.361. The van der Waals surface area contributed by atoms with Gasteiger partial charge < -0.3 is 5.21 Å². The molecule has 100 valence electrons. The number of hydrogen-bond donors (Lipinski definition) is 1. The van der Waals surface area contributed by atoms with Gasteiger partial charge in [0.15, 0.2) is 15.7 Å². The summed E-state index contributed by atoms with van der Waals surface area (Å²) in [6, 6.07) is 5.89. The summed E-state index contributed by atoms with van der Waals surface area (Å²) in [5.74, 6) is 0.558. The molecule has 8 nitrogen and oxygen atoms in total. The molecule has 9 heteroatoms. The molecular formula is C10H11N5O3S. The summed E-state index contributed by atoms with van der Waals surface area (Å²) >= 11 is 0. The first-order valence-corrected chi connectivity index (χ1v) is 7.10. The Morgan fingerprint density at radius 2 is 1.95 bits per heavy atom. The Bertz CT molecular complexity index is 718. The second kappa shape index (κ2) is 4.76. The molecule has 1 heterocycles. The molecule has 0 unspecified atom stereocenters.